The molecule has 0 saturated heterocycles. The molecule has 0 aliphatic heterocycles. The second-order valence-electron chi connectivity index (χ2n) is 3.59. The Bertz CT molecular complexity index is 306. The molecule has 0 amide bonds. The molecule has 0 radical (unpaired) electrons. The Balaban J connectivity index is 2.42. The molecule has 1 aromatic heterocycles. The second kappa shape index (κ2) is 7.46. The van der Waals surface area contributed by atoms with Crippen LogP contribution >= 0.6 is 11.8 Å². The molecule has 0 aromatic carbocycles. The van der Waals surface area contributed by atoms with Gasteiger partial charge < -0.3 is 10.2 Å². The van der Waals surface area contributed by atoms with Crippen molar-refractivity contribution < 1.29 is 0 Å². The quantitative estimate of drug-likeness (QED) is 0.446. The number of likely N-dealkylation sites (N-methyl/N-ethyl adjacent to an activating group) is 1. The average Bonchev–Trinajstić information content (AvgIpc) is 2.34. The normalized spacial score (nSPS) is 10.4. The third-order valence-corrected chi connectivity index (χ3v) is 2.92. The van der Waals surface area contributed by atoms with Crippen molar-refractivity contribution in [3.05, 3.63) is 12.4 Å². The van der Waals surface area contributed by atoms with Crippen LogP contribution in [0, 0.1) is 0 Å². The van der Waals surface area contributed by atoms with Crippen LogP contribution in [-0.4, -0.2) is 42.9 Å². The fraction of sp³-hybridized carbons (Fsp3) is 0.636. The van der Waals surface area contributed by atoms with Gasteiger partial charge in [0.15, 0.2) is 0 Å². The zero-order valence-electron chi connectivity index (χ0n) is 10.2. The molecule has 1 heterocycles. The Labute approximate surface area is 102 Å². The number of rotatable bonds is 7. The first-order chi connectivity index (χ1) is 7.77. The molecule has 0 atom stereocenters. The van der Waals surface area contributed by atoms with E-state index in [2.05, 4.69) is 34.2 Å². The van der Waals surface area contributed by atoms with Crippen LogP contribution in [0.5, 0.6) is 0 Å². The van der Waals surface area contributed by atoms with Gasteiger partial charge in [-0.15, -0.1) is 11.8 Å². The van der Waals surface area contributed by atoms with Crippen LogP contribution < -0.4 is 10.2 Å². The van der Waals surface area contributed by atoms with Crippen molar-refractivity contribution in [2.24, 2.45) is 0 Å². The molecular weight excluding hydrogens is 220 g/mol. The molecule has 1 rings (SSSR count). The van der Waals surface area contributed by atoms with Gasteiger partial charge in [0.05, 0.1) is 0 Å². The monoisotopic (exact) mass is 240 g/mol. The van der Waals surface area contributed by atoms with Gasteiger partial charge in [0.1, 0.15) is 17.2 Å². The molecule has 1 N–H and O–H groups in total. The van der Waals surface area contributed by atoms with Gasteiger partial charge in [-0.2, -0.15) is 0 Å². The summed E-state index contributed by atoms with van der Waals surface area (Å²) >= 11 is 1.64. The maximum atomic E-state index is 4.26. The first-order valence-corrected chi connectivity index (χ1v) is 6.78. The van der Waals surface area contributed by atoms with Gasteiger partial charge in [0, 0.05) is 26.2 Å². The average molecular weight is 240 g/mol. The molecule has 0 aliphatic carbocycles. The van der Waals surface area contributed by atoms with E-state index in [-0.39, 0.29) is 0 Å². The predicted octanol–water partition coefficient (Wildman–Crippen LogP) is 1.63. The van der Waals surface area contributed by atoms with E-state index in [1.165, 1.54) is 6.42 Å². The number of nitrogens with zero attached hydrogens (tertiary/aromatic N) is 3. The van der Waals surface area contributed by atoms with E-state index in [1.54, 1.807) is 18.1 Å². The van der Waals surface area contributed by atoms with Crippen molar-refractivity contribution in [1.82, 2.24) is 15.3 Å². The minimum Gasteiger partial charge on any atom is -0.358 e. The topological polar surface area (TPSA) is 41.0 Å². The zero-order valence-corrected chi connectivity index (χ0v) is 11.0. The number of anilines is 1. The lowest BCUT2D eigenvalue weighted by Gasteiger charge is -2.18. The summed E-state index contributed by atoms with van der Waals surface area (Å²) in [4.78, 5) is 10.6. The lowest BCUT2D eigenvalue weighted by Crippen LogP contribution is -2.30. The number of hydrogen-bond acceptors (Lipinski definition) is 5. The van der Waals surface area contributed by atoms with E-state index in [0.717, 1.165) is 30.5 Å². The van der Waals surface area contributed by atoms with Crippen molar-refractivity contribution in [3.8, 4) is 0 Å². The predicted molar refractivity (Wildman–Crippen MR) is 70.2 cm³/mol. The first kappa shape index (κ1) is 13.3. The van der Waals surface area contributed by atoms with E-state index in [9.17, 15) is 0 Å². The van der Waals surface area contributed by atoms with Crippen LogP contribution in [0.25, 0.3) is 0 Å². The Morgan fingerprint density at radius 1 is 1.38 bits per heavy atom. The highest BCUT2D eigenvalue weighted by Gasteiger charge is 2.03. The minimum absolute atomic E-state index is 0.963. The van der Waals surface area contributed by atoms with E-state index in [1.807, 2.05) is 12.3 Å². The van der Waals surface area contributed by atoms with E-state index in [4.69, 9.17) is 0 Å². The molecule has 0 unspecified atom stereocenters. The van der Waals surface area contributed by atoms with Crippen LogP contribution in [0.4, 0.5) is 5.82 Å². The summed E-state index contributed by atoms with van der Waals surface area (Å²) < 4.78 is 0. The highest BCUT2D eigenvalue weighted by Crippen LogP contribution is 2.15. The van der Waals surface area contributed by atoms with Gasteiger partial charge in [-0.1, -0.05) is 6.92 Å². The number of hydrogen-bond donors (Lipinski definition) is 1. The summed E-state index contributed by atoms with van der Waals surface area (Å²) in [5.41, 5.74) is 0. The molecule has 0 spiro atoms. The van der Waals surface area contributed by atoms with E-state index < -0.39 is 0 Å². The van der Waals surface area contributed by atoms with Crippen LogP contribution in [0.2, 0.25) is 0 Å². The molecule has 16 heavy (non-hydrogen) atoms. The maximum absolute atomic E-state index is 4.26. The lowest BCUT2D eigenvalue weighted by molar-refractivity contribution is 0.663. The van der Waals surface area contributed by atoms with E-state index in [0.29, 0.717) is 0 Å². The number of thioether (sulfide) groups is 1. The van der Waals surface area contributed by atoms with Gasteiger partial charge in [0.25, 0.3) is 0 Å². The summed E-state index contributed by atoms with van der Waals surface area (Å²) in [7, 11) is 2.06. The van der Waals surface area contributed by atoms with Crippen molar-refractivity contribution in [3.63, 3.8) is 0 Å². The highest BCUT2D eigenvalue weighted by molar-refractivity contribution is 7.98. The van der Waals surface area contributed by atoms with Gasteiger partial charge in [-0.3, -0.25) is 0 Å². The summed E-state index contributed by atoms with van der Waals surface area (Å²) in [6, 6.07) is 2.02. The number of aromatic nitrogens is 2. The smallest absolute Gasteiger partial charge is 0.132 e. The molecule has 0 aliphatic rings. The minimum atomic E-state index is 0.963. The molecule has 1 aromatic rings. The second-order valence-corrected chi connectivity index (χ2v) is 4.42. The van der Waals surface area contributed by atoms with Crippen molar-refractivity contribution >= 4 is 17.6 Å². The van der Waals surface area contributed by atoms with E-state index >= 15 is 0 Å². The Morgan fingerprint density at radius 2 is 2.19 bits per heavy atom. The largest absolute Gasteiger partial charge is 0.358 e. The van der Waals surface area contributed by atoms with Crippen LogP contribution in [0.3, 0.4) is 0 Å². The SMILES string of the molecule is CCCNCCN(C)c1cc(SC)ncn1. The Kier molecular flexibility index (Phi) is 6.18. The number of nitrogens with one attached hydrogen (secondary N) is 1. The standard InChI is InChI=1S/C11H20N4S/c1-4-5-12-6-7-15(2)10-8-11(16-3)14-9-13-10/h8-9,12H,4-7H2,1-3H3. The summed E-state index contributed by atoms with van der Waals surface area (Å²) in [6.07, 6.45) is 4.82. The summed E-state index contributed by atoms with van der Waals surface area (Å²) in [5, 5.41) is 4.39. The molecule has 0 fully saturated rings. The van der Waals surface area contributed by atoms with Gasteiger partial charge in [-0.25, -0.2) is 9.97 Å². The Morgan fingerprint density at radius 3 is 2.88 bits per heavy atom. The fourth-order valence-electron chi connectivity index (χ4n) is 1.31. The summed E-state index contributed by atoms with van der Waals surface area (Å²) in [5.74, 6) is 0.984. The third kappa shape index (κ3) is 4.37. The Hall–Kier alpha value is -0.810. The highest BCUT2D eigenvalue weighted by atomic mass is 32.2. The molecule has 4 nitrogen and oxygen atoms in total. The van der Waals surface area contributed by atoms with Gasteiger partial charge >= 0.3 is 0 Å². The molecule has 5 heteroatoms. The maximum Gasteiger partial charge on any atom is 0.132 e. The summed E-state index contributed by atoms with van der Waals surface area (Å²) in [6.45, 7) is 5.20. The van der Waals surface area contributed by atoms with Gasteiger partial charge in [0.2, 0.25) is 0 Å². The van der Waals surface area contributed by atoms with Crippen molar-refractivity contribution in [1.29, 1.82) is 0 Å². The first-order valence-electron chi connectivity index (χ1n) is 5.55. The molecule has 0 saturated carbocycles. The zero-order chi connectivity index (χ0) is 11.8. The molecule has 90 valence electrons. The molecule has 0 bridgehead atoms. The van der Waals surface area contributed by atoms with Crippen LogP contribution in [0.15, 0.2) is 17.4 Å². The fourth-order valence-corrected chi connectivity index (χ4v) is 1.69. The van der Waals surface area contributed by atoms with Crippen molar-refractivity contribution in [2.45, 2.75) is 18.4 Å². The molecular formula is C11H20N4S. The van der Waals surface area contributed by atoms with Crippen molar-refractivity contribution in [2.75, 3.05) is 37.8 Å². The van der Waals surface area contributed by atoms with Gasteiger partial charge in [-0.05, 0) is 19.2 Å². The van der Waals surface area contributed by atoms with Crippen LogP contribution in [0.1, 0.15) is 13.3 Å². The van der Waals surface area contributed by atoms with Crippen LogP contribution in [-0.2, 0) is 0 Å². The third-order valence-electron chi connectivity index (χ3n) is 2.28. The lowest BCUT2D eigenvalue weighted by atomic mass is 10.4.